The van der Waals surface area contributed by atoms with Gasteiger partial charge in [0.25, 0.3) is 0 Å². The minimum atomic E-state index is -1.74. The lowest BCUT2D eigenvalue weighted by molar-refractivity contribution is 0.731. The summed E-state index contributed by atoms with van der Waals surface area (Å²) in [5.74, 6) is 4.15. The molecule has 7 heteroatoms. The maximum atomic E-state index is 9.13. The van der Waals surface area contributed by atoms with E-state index < -0.39 is 8.07 Å². The van der Waals surface area contributed by atoms with Crippen LogP contribution < -0.4 is 5.32 Å². The number of anilines is 1. The first-order chi connectivity index (χ1) is 15.2. The van der Waals surface area contributed by atoms with Crippen molar-refractivity contribution in [3.8, 4) is 23.4 Å². The molecule has 32 heavy (non-hydrogen) atoms. The molecule has 3 heterocycles. The van der Waals surface area contributed by atoms with Crippen molar-refractivity contribution >= 4 is 24.8 Å². The molecule has 0 amide bonds. The summed E-state index contributed by atoms with van der Waals surface area (Å²) in [5, 5.41) is 18.4. The minimum Gasteiger partial charge on any atom is -0.381 e. The third kappa shape index (κ3) is 4.40. The third-order valence-corrected chi connectivity index (χ3v) is 11.2. The quantitative estimate of drug-likeness (QED) is 0.431. The SMILES string of the molecule is CC(C)(C)[Si](C)(C)C#Cc1cnc(-n2ncc3cc(C#N)cnc32)cc1NC1CCCC1. The van der Waals surface area contributed by atoms with Crippen molar-refractivity contribution in [1.29, 1.82) is 5.26 Å². The lowest BCUT2D eigenvalue weighted by atomic mass is 10.2. The second-order valence-electron chi connectivity index (χ2n) is 10.1. The van der Waals surface area contributed by atoms with E-state index in [0.717, 1.165) is 16.6 Å². The molecule has 0 bridgehead atoms. The molecule has 6 nitrogen and oxygen atoms in total. The summed E-state index contributed by atoms with van der Waals surface area (Å²) < 4.78 is 1.72. The van der Waals surface area contributed by atoms with E-state index in [-0.39, 0.29) is 5.04 Å². The molecule has 164 valence electrons. The van der Waals surface area contributed by atoms with Gasteiger partial charge in [-0.2, -0.15) is 15.0 Å². The number of nitrogens with one attached hydrogen (secondary N) is 1. The Labute approximate surface area is 191 Å². The van der Waals surface area contributed by atoms with Crippen LogP contribution in [-0.2, 0) is 0 Å². The maximum Gasteiger partial charge on any atom is 0.164 e. The van der Waals surface area contributed by atoms with Crippen LogP contribution in [0.25, 0.3) is 16.9 Å². The van der Waals surface area contributed by atoms with Crippen LogP contribution in [0.15, 0.2) is 30.7 Å². The summed E-state index contributed by atoms with van der Waals surface area (Å²) in [6.07, 6.45) is 10.0. The van der Waals surface area contributed by atoms with Crippen molar-refractivity contribution in [1.82, 2.24) is 19.7 Å². The van der Waals surface area contributed by atoms with Gasteiger partial charge in [-0.25, -0.2) is 9.97 Å². The Kier molecular flexibility index (Phi) is 5.79. The molecule has 0 unspecified atom stereocenters. The molecule has 1 fully saturated rings. The van der Waals surface area contributed by atoms with Crippen LogP contribution >= 0.6 is 0 Å². The Bertz CT molecular complexity index is 1240. The average molecular weight is 443 g/mol. The van der Waals surface area contributed by atoms with Gasteiger partial charge in [-0.05, 0) is 23.9 Å². The van der Waals surface area contributed by atoms with Gasteiger partial charge in [-0.3, -0.25) is 0 Å². The number of nitriles is 1. The topological polar surface area (TPSA) is 79.4 Å². The molecule has 3 aromatic rings. The van der Waals surface area contributed by atoms with E-state index in [1.54, 1.807) is 23.1 Å². The van der Waals surface area contributed by atoms with E-state index in [1.807, 2.05) is 12.3 Å². The van der Waals surface area contributed by atoms with Crippen LogP contribution in [0.1, 0.15) is 57.6 Å². The van der Waals surface area contributed by atoms with Gasteiger partial charge in [0, 0.05) is 29.9 Å². The number of fused-ring (bicyclic) bond motifs is 1. The fraction of sp³-hybridized carbons (Fsp3) is 0.440. The fourth-order valence-electron chi connectivity index (χ4n) is 3.63. The first kappa shape index (κ1) is 22.0. The highest BCUT2D eigenvalue weighted by atomic mass is 28.3. The van der Waals surface area contributed by atoms with Crippen LogP contribution in [0.2, 0.25) is 18.1 Å². The van der Waals surface area contributed by atoms with Crippen molar-refractivity contribution < 1.29 is 0 Å². The summed E-state index contributed by atoms with van der Waals surface area (Å²) in [7, 11) is -1.74. The summed E-state index contributed by atoms with van der Waals surface area (Å²) >= 11 is 0. The summed E-state index contributed by atoms with van der Waals surface area (Å²) in [5.41, 5.74) is 6.76. The van der Waals surface area contributed by atoms with Crippen LogP contribution in [0.4, 0.5) is 5.69 Å². The van der Waals surface area contributed by atoms with E-state index in [2.05, 4.69) is 71.8 Å². The second kappa shape index (κ2) is 8.41. The van der Waals surface area contributed by atoms with Crippen LogP contribution in [0.5, 0.6) is 0 Å². The van der Waals surface area contributed by atoms with E-state index in [1.165, 1.54) is 25.7 Å². The zero-order valence-corrected chi connectivity index (χ0v) is 20.5. The molecular formula is C25H30N6Si. The lowest BCUT2D eigenvalue weighted by Gasteiger charge is -2.31. The lowest BCUT2D eigenvalue weighted by Crippen LogP contribution is -2.35. The second-order valence-corrected chi connectivity index (χ2v) is 15.1. The summed E-state index contributed by atoms with van der Waals surface area (Å²) in [6.45, 7) is 11.5. The number of nitrogens with zero attached hydrogens (tertiary/aromatic N) is 5. The van der Waals surface area contributed by atoms with E-state index >= 15 is 0 Å². The minimum absolute atomic E-state index is 0.203. The van der Waals surface area contributed by atoms with Crippen molar-refractivity contribution in [2.75, 3.05) is 5.32 Å². The zero-order chi connectivity index (χ0) is 22.9. The molecule has 1 aliphatic carbocycles. The van der Waals surface area contributed by atoms with Gasteiger partial charge in [-0.15, -0.1) is 5.54 Å². The van der Waals surface area contributed by atoms with Crippen molar-refractivity contribution in [2.24, 2.45) is 0 Å². The summed E-state index contributed by atoms with van der Waals surface area (Å²) in [6, 6.07) is 6.41. The first-order valence-corrected chi connectivity index (χ1v) is 14.2. The highest BCUT2D eigenvalue weighted by molar-refractivity contribution is 6.87. The number of hydrogen-bond acceptors (Lipinski definition) is 5. The largest absolute Gasteiger partial charge is 0.381 e. The number of pyridine rings is 2. The smallest absolute Gasteiger partial charge is 0.164 e. The Hall–Kier alpha value is -3.16. The predicted octanol–water partition coefficient (Wildman–Crippen LogP) is 5.44. The van der Waals surface area contributed by atoms with Gasteiger partial charge in [0.05, 0.1) is 23.0 Å². The van der Waals surface area contributed by atoms with E-state index in [9.17, 15) is 0 Å². The Morgan fingerprint density at radius 2 is 1.84 bits per heavy atom. The van der Waals surface area contributed by atoms with Crippen LogP contribution in [-0.4, -0.2) is 33.9 Å². The van der Waals surface area contributed by atoms with E-state index in [0.29, 0.717) is 23.1 Å². The Balaban J connectivity index is 1.76. The van der Waals surface area contributed by atoms with Crippen molar-refractivity contribution in [3.05, 3.63) is 41.9 Å². The molecule has 0 aliphatic heterocycles. The molecule has 1 aliphatic rings. The molecular weight excluding hydrogens is 412 g/mol. The Morgan fingerprint density at radius 3 is 2.53 bits per heavy atom. The monoisotopic (exact) mass is 442 g/mol. The molecule has 1 N–H and O–H groups in total. The molecule has 4 rings (SSSR count). The normalized spacial score (nSPS) is 14.8. The van der Waals surface area contributed by atoms with Gasteiger partial charge in [0.1, 0.15) is 14.1 Å². The highest BCUT2D eigenvalue weighted by Gasteiger charge is 2.33. The number of hydrogen-bond donors (Lipinski definition) is 1. The van der Waals surface area contributed by atoms with Gasteiger partial charge >= 0.3 is 0 Å². The molecule has 3 aromatic heterocycles. The molecule has 0 aromatic carbocycles. The Morgan fingerprint density at radius 1 is 1.09 bits per heavy atom. The highest BCUT2D eigenvalue weighted by Crippen LogP contribution is 2.35. The number of aromatic nitrogens is 4. The first-order valence-electron chi connectivity index (χ1n) is 11.2. The van der Waals surface area contributed by atoms with E-state index in [4.69, 9.17) is 5.26 Å². The van der Waals surface area contributed by atoms with Crippen LogP contribution in [0.3, 0.4) is 0 Å². The van der Waals surface area contributed by atoms with Crippen molar-refractivity contribution in [2.45, 2.75) is 70.6 Å². The fourth-order valence-corrected chi connectivity index (χ4v) is 4.45. The van der Waals surface area contributed by atoms with Gasteiger partial charge in [-0.1, -0.05) is 52.6 Å². The maximum absolute atomic E-state index is 9.13. The van der Waals surface area contributed by atoms with Gasteiger partial charge in [0.2, 0.25) is 0 Å². The van der Waals surface area contributed by atoms with Crippen molar-refractivity contribution in [3.63, 3.8) is 0 Å². The standard InChI is InChI=1S/C25H30N6Si/c1-25(2,3)32(4,5)11-10-19-16-27-23(13-22(19)30-21-8-6-7-9-21)31-24-20(17-29-31)12-18(14-26)15-28-24/h12-13,15-17,21H,6-9H2,1-5H3,(H,27,30). The molecule has 0 atom stereocenters. The molecule has 0 saturated heterocycles. The zero-order valence-electron chi connectivity index (χ0n) is 19.5. The predicted molar refractivity (Wildman–Crippen MR) is 131 cm³/mol. The van der Waals surface area contributed by atoms with Gasteiger partial charge < -0.3 is 5.32 Å². The molecule has 0 radical (unpaired) electrons. The van der Waals surface area contributed by atoms with Crippen LogP contribution in [0, 0.1) is 22.8 Å². The average Bonchev–Trinajstić information content (AvgIpc) is 3.41. The number of rotatable bonds is 3. The summed E-state index contributed by atoms with van der Waals surface area (Å²) in [4.78, 5) is 9.11. The van der Waals surface area contributed by atoms with Gasteiger partial charge in [0.15, 0.2) is 11.5 Å². The third-order valence-electron chi connectivity index (χ3n) is 6.74. The molecule has 1 saturated carbocycles. The molecule has 0 spiro atoms.